The number of hydrogen-bond donors (Lipinski definition) is 1. The lowest BCUT2D eigenvalue weighted by atomic mass is 10.0. The van der Waals surface area contributed by atoms with E-state index >= 15 is 0 Å². The van der Waals surface area contributed by atoms with Crippen molar-refractivity contribution in [3.8, 4) is 11.1 Å². The number of aryl methyl sites for hydroxylation is 1. The normalized spacial score (nSPS) is 11.2. The topological polar surface area (TPSA) is 46.2 Å². The number of hydrogen-bond acceptors (Lipinski definition) is 2. The van der Waals surface area contributed by atoms with Crippen LogP contribution < -0.4 is 4.72 Å². The lowest BCUT2D eigenvalue weighted by Gasteiger charge is -2.13. The van der Waals surface area contributed by atoms with Gasteiger partial charge in [-0.2, -0.15) is 0 Å². The summed E-state index contributed by atoms with van der Waals surface area (Å²) in [5.74, 6) is 0. The molecule has 0 radical (unpaired) electrons. The van der Waals surface area contributed by atoms with Crippen LogP contribution in [0.4, 0.5) is 5.69 Å². The fraction of sp³-hybridized carbons (Fsp3) is 0.0526. The maximum atomic E-state index is 12.7. The van der Waals surface area contributed by atoms with Gasteiger partial charge < -0.3 is 0 Å². The predicted octanol–water partition coefficient (Wildman–Crippen LogP) is 5.12. The molecule has 0 bridgehead atoms. The van der Waals surface area contributed by atoms with Crippen molar-refractivity contribution in [1.82, 2.24) is 0 Å². The van der Waals surface area contributed by atoms with Crippen molar-refractivity contribution in [3.05, 3.63) is 83.4 Å². The first-order valence-corrected chi connectivity index (χ1v) is 9.27. The molecule has 0 amide bonds. The SMILES string of the molecule is Cc1cc(S(=O)(=O)Nc2ccccc2-c2ccccc2)ccc1Cl. The van der Waals surface area contributed by atoms with Crippen LogP contribution in [-0.4, -0.2) is 8.42 Å². The van der Waals surface area contributed by atoms with Crippen LogP contribution >= 0.6 is 11.6 Å². The molecule has 0 fully saturated rings. The first-order valence-electron chi connectivity index (χ1n) is 7.41. The van der Waals surface area contributed by atoms with Gasteiger partial charge in [-0.15, -0.1) is 0 Å². The third kappa shape index (κ3) is 3.45. The summed E-state index contributed by atoms with van der Waals surface area (Å²) in [6.45, 7) is 1.78. The summed E-state index contributed by atoms with van der Waals surface area (Å²) in [5, 5.41) is 0.540. The summed E-state index contributed by atoms with van der Waals surface area (Å²) < 4.78 is 28.1. The molecule has 0 atom stereocenters. The van der Waals surface area contributed by atoms with Gasteiger partial charge in [-0.3, -0.25) is 4.72 Å². The minimum atomic E-state index is -3.69. The van der Waals surface area contributed by atoms with Crippen LogP contribution in [0.25, 0.3) is 11.1 Å². The van der Waals surface area contributed by atoms with Crippen LogP contribution in [0.15, 0.2) is 77.7 Å². The van der Waals surface area contributed by atoms with E-state index < -0.39 is 10.0 Å². The highest BCUT2D eigenvalue weighted by Gasteiger charge is 2.17. The van der Waals surface area contributed by atoms with Crippen LogP contribution in [0.5, 0.6) is 0 Å². The Morgan fingerprint density at radius 1 is 0.875 bits per heavy atom. The number of anilines is 1. The van der Waals surface area contributed by atoms with E-state index in [1.165, 1.54) is 6.07 Å². The lowest BCUT2D eigenvalue weighted by Crippen LogP contribution is -2.13. The Labute approximate surface area is 147 Å². The highest BCUT2D eigenvalue weighted by atomic mass is 35.5. The van der Waals surface area contributed by atoms with Gasteiger partial charge in [0.15, 0.2) is 0 Å². The Bertz CT molecular complexity index is 970. The quantitative estimate of drug-likeness (QED) is 0.704. The smallest absolute Gasteiger partial charge is 0.261 e. The molecule has 3 nitrogen and oxygen atoms in total. The summed E-state index contributed by atoms with van der Waals surface area (Å²) in [6, 6.07) is 21.6. The first-order chi connectivity index (χ1) is 11.5. The van der Waals surface area contributed by atoms with Gasteiger partial charge in [-0.1, -0.05) is 60.1 Å². The van der Waals surface area contributed by atoms with Crippen LogP contribution in [0.3, 0.4) is 0 Å². The van der Waals surface area contributed by atoms with Crippen molar-refractivity contribution in [3.63, 3.8) is 0 Å². The van der Waals surface area contributed by atoms with Gasteiger partial charge in [-0.25, -0.2) is 8.42 Å². The molecule has 122 valence electrons. The maximum absolute atomic E-state index is 12.7. The summed E-state index contributed by atoms with van der Waals surface area (Å²) in [5.41, 5.74) is 3.03. The van der Waals surface area contributed by atoms with Gasteiger partial charge in [0.2, 0.25) is 0 Å². The van der Waals surface area contributed by atoms with Crippen LogP contribution in [0.2, 0.25) is 5.02 Å². The van der Waals surface area contributed by atoms with Gasteiger partial charge in [0.05, 0.1) is 10.6 Å². The summed E-state index contributed by atoms with van der Waals surface area (Å²) in [4.78, 5) is 0.187. The largest absolute Gasteiger partial charge is 0.279 e. The molecule has 0 aromatic heterocycles. The van der Waals surface area contributed by atoms with Gasteiger partial charge in [0.1, 0.15) is 0 Å². The van der Waals surface area contributed by atoms with Gasteiger partial charge in [0, 0.05) is 10.6 Å². The van der Waals surface area contributed by atoms with E-state index in [-0.39, 0.29) is 4.90 Å². The molecule has 0 heterocycles. The molecule has 0 saturated carbocycles. The molecule has 0 aliphatic heterocycles. The van der Waals surface area contributed by atoms with Crippen LogP contribution in [0.1, 0.15) is 5.56 Å². The molecule has 0 aliphatic carbocycles. The molecule has 3 aromatic rings. The third-order valence-corrected chi connectivity index (χ3v) is 5.48. The zero-order valence-corrected chi connectivity index (χ0v) is 14.6. The predicted molar refractivity (Wildman–Crippen MR) is 98.9 cm³/mol. The molecule has 3 aromatic carbocycles. The molecule has 24 heavy (non-hydrogen) atoms. The molecule has 0 saturated heterocycles. The molecular weight excluding hydrogens is 342 g/mol. The monoisotopic (exact) mass is 357 g/mol. The lowest BCUT2D eigenvalue weighted by molar-refractivity contribution is 0.601. The van der Waals surface area contributed by atoms with Gasteiger partial charge in [-0.05, 0) is 42.3 Å². The zero-order chi connectivity index (χ0) is 17.2. The molecule has 5 heteroatoms. The number of nitrogens with one attached hydrogen (secondary N) is 1. The minimum absolute atomic E-state index is 0.187. The van der Waals surface area contributed by atoms with Gasteiger partial charge in [0.25, 0.3) is 10.0 Å². The second-order valence-corrected chi connectivity index (χ2v) is 7.52. The van der Waals surface area contributed by atoms with Crippen molar-refractivity contribution in [1.29, 1.82) is 0 Å². The summed E-state index contributed by atoms with van der Waals surface area (Å²) >= 11 is 5.98. The van der Waals surface area contributed by atoms with E-state index in [1.54, 1.807) is 31.2 Å². The number of rotatable bonds is 4. The Morgan fingerprint density at radius 2 is 1.54 bits per heavy atom. The number of sulfonamides is 1. The molecule has 0 aliphatic rings. The Morgan fingerprint density at radius 3 is 2.25 bits per heavy atom. The molecule has 0 spiro atoms. The Kier molecular flexibility index (Phi) is 4.60. The molecule has 0 unspecified atom stereocenters. The van der Waals surface area contributed by atoms with Crippen molar-refractivity contribution < 1.29 is 8.42 Å². The summed E-state index contributed by atoms with van der Waals surface area (Å²) in [7, 11) is -3.69. The molecule has 3 rings (SSSR count). The van der Waals surface area contributed by atoms with Crippen molar-refractivity contribution >= 4 is 27.3 Å². The van der Waals surface area contributed by atoms with E-state index in [2.05, 4.69) is 4.72 Å². The van der Waals surface area contributed by atoms with E-state index in [1.807, 2.05) is 42.5 Å². The number of benzene rings is 3. The van der Waals surface area contributed by atoms with Crippen LogP contribution in [0, 0.1) is 6.92 Å². The van der Waals surface area contributed by atoms with Crippen LogP contribution in [-0.2, 0) is 10.0 Å². The van der Waals surface area contributed by atoms with Gasteiger partial charge >= 0.3 is 0 Å². The molecular formula is C19H16ClNO2S. The standard InChI is InChI=1S/C19H16ClNO2S/c1-14-13-16(11-12-18(14)20)24(22,23)21-19-10-6-5-9-17(19)15-7-3-2-4-8-15/h2-13,21H,1H3. The second-order valence-electron chi connectivity index (χ2n) is 5.43. The fourth-order valence-electron chi connectivity index (χ4n) is 2.43. The van der Waals surface area contributed by atoms with Crippen molar-refractivity contribution in [2.45, 2.75) is 11.8 Å². The highest BCUT2D eigenvalue weighted by molar-refractivity contribution is 7.92. The fourth-order valence-corrected chi connectivity index (χ4v) is 3.71. The average molecular weight is 358 g/mol. The van der Waals surface area contributed by atoms with E-state index in [0.29, 0.717) is 10.7 Å². The third-order valence-electron chi connectivity index (χ3n) is 3.70. The Hall–Kier alpha value is -2.30. The molecule has 1 N–H and O–H groups in total. The maximum Gasteiger partial charge on any atom is 0.261 e. The summed E-state index contributed by atoms with van der Waals surface area (Å²) in [6.07, 6.45) is 0. The van der Waals surface area contributed by atoms with E-state index in [9.17, 15) is 8.42 Å². The average Bonchev–Trinajstić information content (AvgIpc) is 2.58. The van der Waals surface area contributed by atoms with Crippen molar-refractivity contribution in [2.24, 2.45) is 0 Å². The van der Waals surface area contributed by atoms with E-state index in [0.717, 1.165) is 16.7 Å². The van der Waals surface area contributed by atoms with Crippen molar-refractivity contribution in [2.75, 3.05) is 4.72 Å². The second kappa shape index (κ2) is 6.67. The minimum Gasteiger partial charge on any atom is -0.279 e. The number of halogens is 1. The highest BCUT2D eigenvalue weighted by Crippen LogP contribution is 2.30. The Balaban J connectivity index is 2.01. The first kappa shape index (κ1) is 16.6. The zero-order valence-electron chi connectivity index (χ0n) is 13.0. The van der Waals surface area contributed by atoms with E-state index in [4.69, 9.17) is 11.6 Å². The number of para-hydroxylation sites is 1.